The van der Waals surface area contributed by atoms with Crippen LogP contribution in [0.25, 0.3) is 10.7 Å². The average Bonchev–Trinajstić information content (AvgIpc) is 3.09. The van der Waals surface area contributed by atoms with Gasteiger partial charge >= 0.3 is 5.69 Å². The normalized spacial score (nSPS) is 14.4. The van der Waals surface area contributed by atoms with E-state index in [4.69, 9.17) is 0 Å². The van der Waals surface area contributed by atoms with Gasteiger partial charge in [0.15, 0.2) is 5.82 Å². The highest BCUT2D eigenvalue weighted by Gasteiger charge is 2.30. The zero-order valence-electron chi connectivity index (χ0n) is 12.4. The molecule has 0 unspecified atom stereocenters. The van der Waals surface area contributed by atoms with Crippen LogP contribution in [0.15, 0.2) is 46.6 Å². The maximum atomic E-state index is 12.7. The molecule has 1 aromatic carbocycles. The zero-order chi connectivity index (χ0) is 15.1. The van der Waals surface area contributed by atoms with Crippen molar-refractivity contribution in [1.82, 2.24) is 14.3 Å². The van der Waals surface area contributed by atoms with Crippen molar-refractivity contribution in [2.75, 3.05) is 0 Å². The monoisotopic (exact) mass is 311 g/mol. The molecule has 1 aliphatic rings. The van der Waals surface area contributed by atoms with Gasteiger partial charge in [0.2, 0.25) is 0 Å². The second-order valence-electron chi connectivity index (χ2n) is 5.83. The highest BCUT2D eigenvalue weighted by Crippen LogP contribution is 2.37. The van der Waals surface area contributed by atoms with Crippen LogP contribution in [0.2, 0.25) is 0 Å². The fourth-order valence-electron chi connectivity index (χ4n) is 2.63. The molecule has 2 heterocycles. The first-order valence-electron chi connectivity index (χ1n) is 7.51. The van der Waals surface area contributed by atoms with Crippen LogP contribution in [0, 0.1) is 6.92 Å². The van der Waals surface area contributed by atoms with Crippen molar-refractivity contribution < 1.29 is 0 Å². The maximum absolute atomic E-state index is 12.7. The molecule has 5 heteroatoms. The van der Waals surface area contributed by atoms with E-state index in [2.05, 4.69) is 36.3 Å². The molecule has 0 saturated heterocycles. The van der Waals surface area contributed by atoms with E-state index in [1.54, 1.807) is 16.0 Å². The summed E-state index contributed by atoms with van der Waals surface area (Å²) in [5.41, 5.74) is 2.33. The molecule has 112 valence electrons. The highest BCUT2D eigenvalue weighted by molar-refractivity contribution is 7.13. The van der Waals surface area contributed by atoms with Gasteiger partial charge in [0, 0.05) is 6.04 Å². The van der Waals surface area contributed by atoms with Crippen molar-refractivity contribution in [3.8, 4) is 10.7 Å². The van der Waals surface area contributed by atoms with Crippen LogP contribution in [0.1, 0.15) is 30.0 Å². The van der Waals surface area contributed by atoms with Crippen molar-refractivity contribution in [3.05, 3.63) is 63.4 Å². The summed E-state index contributed by atoms with van der Waals surface area (Å²) in [4.78, 5) is 13.8. The largest absolute Gasteiger partial charge is 0.346 e. The lowest BCUT2D eigenvalue weighted by Crippen LogP contribution is -2.25. The van der Waals surface area contributed by atoms with E-state index in [0.717, 1.165) is 29.1 Å². The van der Waals surface area contributed by atoms with Gasteiger partial charge in [-0.05, 0) is 36.8 Å². The second kappa shape index (κ2) is 5.25. The van der Waals surface area contributed by atoms with Crippen LogP contribution in [0.5, 0.6) is 0 Å². The average molecular weight is 311 g/mol. The molecule has 0 aliphatic heterocycles. The minimum Gasteiger partial charge on any atom is -0.271 e. The van der Waals surface area contributed by atoms with E-state index in [0.29, 0.717) is 12.6 Å². The van der Waals surface area contributed by atoms with E-state index in [9.17, 15) is 4.79 Å². The zero-order valence-corrected chi connectivity index (χ0v) is 13.2. The van der Waals surface area contributed by atoms with Crippen LogP contribution in [0.3, 0.4) is 0 Å². The quantitative estimate of drug-likeness (QED) is 0.740. The molecule has 0 N–H and O–H groups in total. The Kier molecular flexibility index (Phi) is 3.22. The standard InChI is InChI=1S/C17H17N3OS/c1-12-4-6-13(7-5-12)11-19-17(21)20(14-8-9-14)16(18-19)15-3-2-10-22-15/h2-7,10,14H,8-9,11H2,1H3. The first-order valence-corrected chi connectivity index (χ1v) is 8.39. The van der Waals surface area contributed by atoms with E-state index in [-0.39, 0.29) is 5.69 Å². The Bertz CT molecular complexity index is 839. The summed E-state index contributed by atoms with van der Waals surface area (Å²) in [5, 5.41) is 6.63. The fourth-order valence-corrected chi connectivity index (χ4v) is 3.33. The number of nitrogens with zero attached hydrogens (tertiary/aromatic N) is 3. The summed E-state index contributed by atoms with van der Waals surface area (Å²) in [6.45, 7) is 2.59. The molecule has 1 aliphatic carbocycles. The summed E-state index contributed by atoms with van der Waals surface area (Å²) in [6.07, 6.45) is 2.16. The first kappa shape index (κ1) is 13.5. The molecule has 0 atom stereocenters. The molecular formula is C17H17N3OS. The van der Waals surface area contributed by atoms with Gasteiger partial charge in [0.1, 0.15) is 0 Å². The third-order valence-corrected chi connectivity index (χ3v) is 4.84. The predicted octanol–water partition coefficient (Wildman–Crippen LogP) is 3.46. The minimum absolute atomic E-state index is 0.00600. The van der Waals surface area contributed by atoms with Gasteiger partial charge in [0.25, 0.3) is 0 Å². The van der Waals surface area contributed by atoms with Crippen LogP contribution in [0.4, 0.5) is 0 Å². The molecule has 0 amide bonds. The number of benzene rings is 1. The highest BCUT2D eigenvalue weighted by atomic mass is 32.1. The van der Waals surface area contributed by atoms with E-state index in [1.807, 2.05) is 22.1 Å². The smallest absolute Gasteiger partial charge is 0.271 e. The Morgan fingerprint density at radius 1 is 1.23 bits per heavy atom. The SMILES string of the molecule is Cc1ccc(Cn2nc(-c3cccs3)n(C3CC3)c2=O)cc1. The lowest BCUT2D eigenvalue weighted by molar-refractivity contribution is 0.626. The summed E-state index contributed by atoms with van der Waals surface area (Å²) in [6, 6.07) is 12.6. The Morgan fingerprint density at radius 2 is 2.00 bits per heavy atom. The Morgan fingerprint density at radius 3 is 2.64 bits per heavy atom. The van der Waals surface area contributed by atoms with E-state index in [1.165, 1.54) is 5.56 Å². The fraction of sp³-hybridized carbons (Fsp3) is 0.294. The summed E-state index contributed by atoms with van der Waals surface area (Å²) in [7, 11) is 0. The third kappa shape index (κ3) is 2.41. The van der Waals surface area contributed by atoms with E-state index >= 15 is 0 Å². The van der Waals surface area contributed by atoms with Gasteiger partial charge in [-0.25, -0.2) is 9.48 Å². The molecule has 1 saturated carbocycles. The summed E-state index contributed by atoms with van der Waals surface area (Å²) >= 11 is 1.63. The van der Waals surface area contributed by atoms with Crippen LogP contribution < -0.4 is 5.69 Å². The van der Waals surface area contributed by atoms with Crippen molar-refractivity contribution in [2.45, 2.75) is 32.4 Å². The lowest BCUT2D eigenvalue weighted by atomic mass is 10.1. The molecule has 0 radical (unpaired) electrons. The summed E-state index contributed by atoms with van der Waals surface area (Å²) < 4.78 is 3.47. The molecule has 4 nitrogen and oxygen atoms in total. The van der Waals surface area contributed by atoms with Crippen molar-refractivity contribution in [3.63, 3.8) is 0 Å². The van der Waals surface area contributed by atoms with Gasteiger partial charge in [-0.15, -0.1) is 16.4 Å². The molecular weight excluding hydrogens is 294 g/mol. The first-order chi connectivity index (χ1) is 10.7. The number of hydrogen-bond donors (Lipinski definition) is 0. The molecule has 0 spiro atoms. The number of aromatic nitrogens is 3. The Hall–Kier alpha value is -2.14. The van der Waals surface area contributed by atoms with Gasteiger partial charge in [-0.1, -0.05) is 35.9 Å². The number of thiophene rings is 1. The van der Waals surface area contributed by atoms with Gasteiger partial charge < -0.3 is 0 Å². The lowest BCUT2D eigenvalue weighted by Gasteiger charge is -2.01. The van der Waals surface area contributed by atoms with Crippen molar-refractivity contribution in [1.29, 1.82) is 0 Å². The molecule has 4 rings (SSSR count). The summed E-state index contributed by atoms with van der Waals surface area (Å²) in [5.74, 6) is 0.814. The van der Waals surface area contributed by atoms with Gasteiger partial charge in [-0.3, -0.25) is 4.57 Å². The minimum atomic E-state index is 0.00600. The van der Waals surface area contributed by atoms with Crippen molar-refractivity contribution in [2.24, 2.45) is 0 Å². The molecule has 0 bridgehead atoms. The molecule has 3 aromatic rings. The number of hydrogen-bond acceptors (Lipinski definition) is 3. The topological polar surface area (TPSA) is 39.8 Å². The third-order valence-electron chi connectivity index (χ3n) is 3.98. The van der Waals surface area contributed by atoms with Crippen molar-refractivity contribution >= 4 is 11.3 Å². The van der Waals surface area contributed by atoms with Crippen LogP contribution in [-0.2, 0) is 6.54 Å². The maximum Gasteiger partial charge on any atom is 0.346 e. The van der Waals surface area contributed by atoms with Crippen LogP contribution >= 0.6 is 11.3 Å². The van der Waals surface area contributed by atoms with Gasteiger partial charge in [-0.2, -0.15) is 0 Å². The molecule has 1 fully saturated rings. The second-order valence-corrected chi connectivity index (χ2v) is 6.78. The number of aryl methyl sites for hydroxylation is 1. The Labute approximate surface area is 132 Å². The van der Waals surface area contributed by atoms with Crippen LogP contribution in [-0.4, -0.2) is 14.3 Å². The Balaban J connectivity index is 1.75. The number of rotatable bonds is 4. The van der Waals surface area contributed by atoms with Gasteiger partial charge in [0.05, 0.1) is 11.4 Å². The predicted molar refractivity (Wildman–Crippen MR) is 88.4 cm³/mol. The van der Waals surface area contributed by atoms with E-state index < -0.39 is 0 Å². The molecule has 2 aromatic heterocycles. The molecule has 22 heavy (non-hydrogen) atoms.